The van der Waals surface area contributed by atoms with Crippen LogP contribution in [0.1, 0.15) is 43.9 Å². The van der Waals surface area contributed by atoms with E-state index >= 15 is 0 Å². The number of imide groups is 1. The third-order valence-corrected chi connectivity index (χ3v) is 5.61. The van der Waals surface area contributed by atoms with Gasteiger partial charge in [-0.3, -0.25) is 14.5 Å². The zero-order valence-corrected chi connectivity index (χ0v) is 17.5. The third kappa shape index (κ3) is 4.16. The molecular weight excluding hydrogens is 409 g/mol. The molecule has 0 aromatic heterocycles. The van der Waals surface area contributed by atoms with Gasteiger partial charge in [-0.25, -0.2) is 9.18 Å². The van der Waals surface area contributed by atoms with Crippen LogP contribution >= 0.6 is 11.6 Å². The Morgan fingerprint density at radius 2 is 1.77 bits per heavy atom. The van der Waals surface area contributed by atoms with Gasteiger partial charge in [0.05, 0.1) is 6.04 Å². The molecule has 2 aromatic carbocycles. The number of carbonyl (C=O) groups excluding carboxylic acids is 3. The molecule has 0 radical (unpaired) electrons. The number of hydrogen-bond acceptors (Lipinski definition) is 3. The first-order valence-electron chi connectivity index (χ1n) is 9.75. The minimum absolute atomic E-state index is 0.268. The Morgan fingerprint density at radius 1 is 1.13 bits per heavy atom. The second-order valence-corrected chi connectivity index (χ2v) is 7.60. The summed E-state index contributed by atoms with van der Waals surface area (Å²) in [7, 11) is 0. The van der Waals surface area contributed by atoms with Crippen LogP contribution in [0.4, 0.5) is 9.18 Å². The van der Waals surface area contributed by atoms with Gasteiger partial charge in [-0.05, 0) is 48.2 Å². The molecule has 158 valence electrons. The lowest BCUT2D eigenvalue weighted by atomic mass is 9.87. The molecule has 2 aromatic rings. The van der Waals surface area contributed by atoms with Crippen molar-refractivity contribution in [3.05, 3.63) is 70.5 Å². The molecule has 0 aliphatic carbocycles. The fraction of sp³-hybridized carbons (Fsp3) is 0.318. The van der Waals surface area contributed by atoms with Crippen LogP contribution in [-0.4, -0.2) is 29.3 Å². The van der Waals surface area contributed by atoms with Crippen LogP contribution in [0.15, 0.2) is 48.5 Å². The fourth-order valence-electron chi connectivity index (χ4n) is 3.64. The highest BCUT2D eigenvalue weighted by molar-refractivity contribution is 6.30. The summed E-state index contributed by atoms with van der Waals surface area (Å²) in [6, 6.07) is 11.6. The maximum absolute atomic E-state index is 13.3. The van der Waals surface area contributed by atoms with E-state index in [2.05, 4.69) is 10.6 Å². The van der Waals surface area contributed by atoms with Crippen LogP contribution < -0.4 is 10.6 Å². The van der Waals surface area contributed by atoms with E-state index in [9.17, 15) is 18.8 Å². The summed E-state index contributed by atoms with van der Waals surface area (Å²) < 4.78 is 13.3. The minimum Gasteiger partial charge on any atom is -0.348 e. The highest BCUT2D eigenvalue weighted by Gasteiger charge is 2.51. The SMILES string of the molecule is CCC(NC(=O)CN1C(=O)NC(CC)(c2ccc(F)cc2)C1=O)c1ccc(Cl)cc1. The van der Waals surface area contributed by atoms with Crippen molar-refractivity contribution in [1.29, 1.82) is 0 Å². The average Bonchev–Trinajstić information content (AvgIpc) is 2.98. The highest BCUT2D eigenvalue weighted by atomic mass is 35.5. The van der Waals surface area contributed by atoms with Gasteiger partial charge in [0.2, 0.25) is 5.91 Å². The Hall–Kier alpha value is -2.93. The molecule has 1 heterocycles. The molecular formula is C22H23ClFN3O3. The van der Waals surface area contributed by atoms with Crippen LogP contribution in [-0.2, 0) is 15.1 Å². The van der Waals surface area contributed by atoms with Crippen LogP contribution in [0.25, 0.3) is 0 Å². The lowest BCUT2D eigenvalue weighted by Crippen LogP contribution is -2.45. The second kappa shape index (κ2) is 8.83. The maximum Gasteiger partial charge on any atom is 0.325 e. The van der Waals surface area contributed by atoms with E-state index in [1.807, 2.05) is 19.1 Å². The second-order valence-electron chi connectivity index (χ2n) is 7.17. The number of nitrogens with zero attached hydrogens (tertiary/aromatic N) is 1. The van der Waals surface area contributed by atoms with Crippen LogP contribution in [0, 0.1) is 5.82 Å². The Bertz CT molecular complexity index is 949. The topological polar surface area (TPSA) is 78.5 Å². The van der Waals surface area contributed by atoms with E-state index in [-0.39, 0.29) is 12.5 Å². The number of nitrogens with one attached hydrogen (secondary N) is 2. The molecule has 30 heavy (non-hydrogen) atoms. The molecule has 0 spiro atoms. The van der Waals surface area contributed by atoms with Crippen LogP contribution in [0.5, 0.6) is 0 Å². The number of carbonyl (C=O) groups is 3. The number of benzene rings is 2. The molecule has 2 N–H and O–H groups in total. The summed E-state index contributed by atoms with van der Waals surface area (Å²) in [4.78, 5) is 39.1. The van der Waals surface area contributed by atoms with E-state index in [0.29, 0.717) is 17.0 Å². The first-order chi connectivity index (χ1) is 14.3. The van der Waals surface area contributed by atoms with E-state index in [4.69, 9.17) is 11.6 Å². The van der Waals surface area contributed by atoms with Crippen LogP contribution in [0.2, 0.25) is 5.02 Å². The zero-order valence-electron chi connectivity index (χ0n) is 16.7. The first-order valence-corrected chi connectivity index (χ1v) is 10.1. The predicted molar refractivity (Wildman–Crippen MR) is 111 cm³/mol. The summed E-state index contributed by atoms with van der Waals surface area (Å²) >= 11 is 5.91. The maximum atomic E-state index is 13.3. The molecule has 2 atom stereocenters. The van der Waals surface area contributed by atoms with Crippen molar-refractivity contribution in [2.24, 2.45) is 0 Å². The Balaban J connectivity index is 1.75. The Labute approximate surface area is 179 Å². The van der Waals surface area contributed by atoms with Gasteiger partial charge in [0.1, 0.15) is 17.9 Å². The van der Waals surface area contributed by atoms with Gasteiger partial charge in [-0.1, -0.05) is 49.7 Å². The van der Waals surface area contributed by atoms with Crippen molar-refractivity contribution in [3.63, 3.8) is 0 Å². The van der Waals surface area contributed by atoms with Gasteiger partial charge in [-0.15, -0.1) is 0 Å². The van der Waals surface area contributed by atoms with Crippen molar-refractivity contribution in [2.45, 2.75) is 38.3 Å². The first kappa shape index (κ1) is 21.8. The Kier molecular flexibility index (Phi) is 6.41. The molecule has 1 aliphatic rings. The summed E-state index contributed by atoms with van der Waals surface area (Å²) in [6.45, 7) is 3.26. The molecule has 2 unspecified atom stereocenters. The molecule has 6 nitrogen and oxygen atoms in total. The highest BCUT2D eigenvalue weighted by Crippen LogP contribution is 2.32. The molecule has 1 fully saturated rings. The van der Waals surface area contributed by atoms with E-state index in [1.54, 1.807) is 19.1 Å². The number of rotatable bonds is 7. The van der Waals surface area contributed by atoms with Gasteiger partial charge in [-0.2, -0.15) is 0 Å². The number of halogens is 2. The van der Waals surface area contributed by atoms with Crippen molar-refractivity contribution < 1.29 is 18.8 Å². The molecule has 4 amide bonds. The predicted octanol–water partition coefficient (Wildman–Crippen LogP) is 3.90. The molecule has 0 bridgehead atoms. The molecule has 3 rings (SSSR count). The van der Waals surface area contributed by atoms with Crippen LogP contribution in [0.3, 0.4) is 0 Å². The van der Waals surface area contributed by atoms with E-state index < -0.39 is 35.7 Å². The van der Waals surface area contributed by atoms with Crippen molar-refractivity contribution >= 4 is 29.4 Å². The largest absolute Gasteiger partial charge is 0.348 e. The van der Waals surface area contributed by atoms with Crippen molar-refractivity contribution in [3.8, 4) is 0 Å². The van der Waals surface area contributed by atoms with Crippen molar-refractivity contribution in [1.82, 2.24) is 15.5 Å². The van der Waals surface area contributed by atoms with Gasteiger partial charge >= 0.3 is 6.03 Å². The fourth-order valence-corrected chi connectivity index (χ4v) is 3.77. The van der Waals surface area contributed by atoms with Gasteiger partial charge in [0, 0.05) is 5.02 Å². The molecule has 1 aliphatic heterocycles. The van der Waals surface area contributed by atoms with E-state index in [1.165, 1.54) is 24.3 Å². The van der Waals surface area contributed by atoms with E-state index in [0.717, 1.165) is 10.5 Å². The summed E-state index contributed by atoms with van der Waals surface area (Å²) in [5, 5.41) is 6.13. The normalized spacial score (nSPS) is 19.5. The summed E-state index contributed by atoms with van der Waals surface area (Å²) in [5.74, 6) is -1.42. The standard InChI is InChI=1S/C22H23ClFN3O3/c1-3-18(14-5-9-16(23)10-6-14)25-19(28)13-27-20(29)22(4-2,26-21(27)30)15-7-11-17(24)12-8-15/h5-12,18H,3-4,13H2,1-2H3,(H,25,28)(H,26,30). The molecule has 1 saturated heterocycles. The van der Waals surface area contributed by atoms with Crippen molar-refractivity contribution in [2.75, 3.05) is 6.54 Å². The lowest BCUT2D eigenvalue weighted by molar-refractivity contribution is -0.135. The lowest BCUT2D eigenvalue weighted by Gasteiger charge is -2.26. The van der Waals surface area contributed by atoms with Gasteiger partial charge < -0.3 is 10.6 Å². The number of hydrogen-bond donors (Lipinski definition) is 2. The number of urea groups is 1. The summed E-state index contributed by atoms with van der Waals surface area (Å²) in [5.41, 5.74) is 0.0349. The summed E-state index contributed by atoms with van der Waals surface area (Å²) in [6.07, 6.45) is 0.895. The average molecular weight is 432 g/mol. The van der Waals surface area contributed by atoms with Gasteiger partial charge in [0.15, 0.2) is 0 Å². The van der Waals surface area contributed by atoms with Gasteiger partial charge in [0.25, 0.3) is 5.91 Å². The smallest absolute Gasteiger partial charge is 0.325 e. The molecule has 8 heteroatoms. The Morgan fingerprint density at radius 3 is 2.33 bits per heavy atom. The monoisotopic (exact) mass is 431 g/mol. The number of amides is 4. The quantitative estimate of drug-likeness (QED) is 0.652. The zero-order chi connectivity index (χ0) is 21.9. The minimum atomic E-state index is -1.31. The molecule has 0 saturated carbocycles. The third-order valence-electron chi connectivity index (χ3n) is 5.36.